The SMILES string of the molecule is NC(=O)C(CCCC[NH3+])NC(=O)CCCCCCCCCCCNC(=O)C(N)CCCC[NH3+]. The molecule has 9 nitrogen and oxygen atoms in total. The fourth-order valence-electron chi connectivity index (χ4n) is 3.74. The number of quaternary nitrogens is 2. The van der Waals surface area contributed by atoms with Gasteiger partial charge in [-0.3, -0.25) is 14.4 Å². The predicted octanol–water partition coefficient (Wildman–Crippen LogP) is 0.125. The van der Waals surface area contributed by atoms with E-state index in [1.807, 2.05) is 0 Å². The summed E-state index contributed by atoms with van der Waals surface area (Å²) >= 11 is 0. The molecule has 12 N–H and O–H groups in total. The Morgan fingerprint density at radius 3 is 1.76 bits per heavy atom. The van der Waals surface area contributed by atoms with Crippen molar-refractivity contribution in [2.45, 2.75) is 115 Å². The third-order valence-corrected chi connectivity index (χ3v) is 5.90. The van der Waals surface area contributed by atoms with Crippen molar-refractivity contribution in [3.8, 4) is 0 Å². The van der Waals surface area contributed by atoms with Crippen molar-refractivity contribution in [1.29, 1.82) is 0 Å². The molecular formula is C24H52N6O3+2. The van der Waals surface area contributed by atoms with Crippen molar-refractivity contribution >= 4 is 17.7 Å². The Balaban J connectivity index is 3.54. The topological polar surface area (TPSA) is 183 Å². The first kappa shape index (κ1) is 31.3. The van der Waals surface area contributed by atoms with Gasteiger partial charge >= 0.3 is 0 Å². The minimum Gasteiger partial charge on any atom is -0.368 e. The Kier molecular flexibility index (Phi) is 21.0. The highest BCUT2D eigenvalue weighted by Gasteiger charge is 2.17. The average molecular weight is 473 g/mol. The van der Waals surface area contributed by atoms with Crippen LogP contribution in [0.3, 0.4) is 0 Å². The lowest BCUT2D eigenvalue weighted by Gasteiger charge is -2.15. The third-order valence-electron chi connectivity index (χ3n) is 5.90. The van der Waals surface area contributed by atoms with E-state index in [0.717, 1.165) is 77.3 Å². The van der Waals surface area contributed by atoms with Crippen molar-refractivity contribution in [2.24, 2.45) is 11.5 Å². The van der Waals surface area contributed by atoms with Gasteiger partial charge in [-0.15, -0.1) is 0 Å². The Morgan fingerprint density at radius 2 is 1.21 bits per heavy atom. The molecule has 0 radical (unpaired) electrons. The van der Waals surface area contributed by atoms with Gasteiger partial charge in [0.1, 0.15) is 6.04 Å². The van der Waals surface area contributed by atoms with E-state index < -0.39 is 18.0 Å². The summed E-state index contributed by atoms with van der Waals surface area (Å²) in [5, 5.41) is 5.70. The summed E-state index contributed by atoms with van der Waals surface area (Å²) in [6, 6.07) is -0.951. The van der Waals surface area contributed by atoms with Crippen LogP contribution in [0, 0.1) is 0 Å². The zero-order chi connectivity index (χ0) is 24.7. The standard InChI is InChI=1S/C24H50N6O3/c25-17-11-9-14-20(27)24(33)29-19-13-7-5-3-1-2-4-6-8-16-22(31)30-21(23(28)32)15-10-12-18-26/h20-21H,1-19,25-27H2,(H2,28,32)(H,29,33)(H,30,31)/p+2. The average Bonchev–Trinajstić information content (AvgIpc) is 2.79. The minimum atomic E-state index is -0.558. The Morgan fingerprint density at radius 1 is 0.697 bits per heavy atom. The van der Waals surface area contributed by atoms with Crippen molar-refractivity contribution in [2.75, 3.05) is 19.6 Å². The Bertz CT molecular complexity index is 518. The van der Waals surface area contributed by atoms with Gasteiger partial charge in [0, 0.05) is 13.0 Å². The molecule has 0 aliphatic heterocycles. The summed E-state index contributed by atoms with van der Waals surface area (Å²) in [6.45, 7) is 2.42. The van der Waals surface area contributed by atoms with Crippen LogP contribution >= 0.6 is 0 Å². The second-order valence-electron chi connectivity index (χ2n) is 9.05. The highest BCUT2D eigenvalue weighted by Crippen LogP contribution is 2.11. The van der Waals surface area contributed by atoms with Crippen LogP contribution in [-0.2, 0) is 14.4 Å². The molecule has 3 amide bonds. The number of rotatable bonds is 23. The first-order chi connectivity index (χ1) is 15.9. The van der Waals surface area contributed by atoms with E-state index in [9.17, 15) is 14.4 Å². The molecule has 0 rings (SSSR count). The molecule has 2 unspecified atom stereocenters. The maximum absolute atomic E-state index is 12.0. The smallest absolute Gasteiger partial charge is 0.239 e. The number of hydrogen-bond acceptors (Lipinski definition) is 4. The van der Waals surface area contributed by atoms with Crippen LogP contribution in [0.2, 0.25) is 0 Å². The molecule has 0 aliphatic carbocycles. The van der Waals surface area contributed by atoms with Crippen molar-refractivity contribution in [3.05, 3.63) is 0 Å². The van der Waals surface area contributed by atoms with Gasteiger partial charge in [0.25, 0.3) is 0 Å². The number of unbranched alkanes of at least 4 members (excludes halogenated alkanes) is 10. The molecule has 0 aromatic carbocycles. The van der Waals surface area contributed by atoms with Crippen LogP contribution in [0.25, 0.3) is 0 Å². The van der Waals surface area contributed by atoms with Crippen LogP contribution in [0.15, 0.2) is 0 Å². The van der Waals surface area contributed by atoms with Gasteiger partial charge in [0.15, 0.2) is 0 Å². The lowest BCUT2D eigenvalue weighted by molar-refractivity contribution is -0.368. The van der Waals surface area contributed by atoms with E-state index in [1.165, 1.54) is 25.7 Å². The quantitative estimate of drug-likeness (QED) is 0.116. The molecule has 0 bridgehead atoms. The molecule has 0 spiro atoms. The highest BCUT2D eigenvalue weighted by molar-refractivity contribution is 5.86. The molecule has 33 heavy (non-hydrogen) atoms. The molecule has 0 saturated heterocycles. The maximum Gasteiger partial charge on any atom is 0.239 e. The fourth-order valence-corrected chi connectivity index (χ4v) is 3.74. The van der Waals surface area contributed by atoms with Crippen LogP contribution < -0.4 is 33.6 Å². The van der Waals surface area contributed by atoms with Gasteiger partial charge in [0.05, 0.1) is 19.1 Å². The van der Waals surface area contributed by atoms with Gasteiger partial charge in [-0.25, -0.2) is 0 Å². The zero-order valence-corrected chi connectivity index (χ0v) is 20.9. The van der Waals surface area contributed by atoms with Crippen LogP contribution in [0.5, 0.6) is 0 Å². The molecular weight excluding hydrogens is 420 g/mol. The number of nitrogens with two attached hydrogens (primary N) is 2. The number of carbonyl (C=O) groups is 3. The van der Waals surface area contributed by atoms with Crippen molar-refractivity contribution < 1.29 is 25.9 Å². The second kappa shape index (κ2) is 22.1. The maximum atomic E-state index is 12.0. The zero-order valence-electron chi connectivity index (χ0n) is 20.9. The van der Waals surface area contributed by atoms with E-state index in [-0.39, 0.29) is 11.8 Å². The summed E-state index contributed by atoms with van der Waals surface area (Å²) in [6.07, 6.45) is 15.4. The first-order valence-electron chi connectivity index (χ1n) is 13.1. The number of hydrogen-bond donors (Lipinski definition) is 6. The van der Waals surface area contributed by atoms with Crippen molar-refractivity contribution in [1.82, 2.24) is 10.6 Å². The Hall–Kier alpha value is -1.71. The van der Waals surface area contributed by atoms with E-state index in [1.54, 1.807) is 0 Å². The summed E-state index contributed by atoms with van der Waals surface area (Å²) in [4.78, 5) is 35.4. The molecule has 0 saturated carbocycles. The summed E-state index contributed by atoms with van der Waals surface area (Å²) in [5.41, 5.74) is 18.8. The van der Waals surface area contributed by atoms with Crippen molar-refractivity contribution in [3.63, 3.8) is 0 Å². The fraction of sp³-hybridized carbons (Fsp3) is 0.875. The van der Waals surface area contributed by atoms with Crippen LogP contribution in [0.4, 0.5) is 0 Å². The summed E-state index contributed by atoms with van der Waals surface area (Å²) < 4.78 is 0. The lowest BCUT2D eigenvalue weighted by Crippen LogP contribution is -2.50. The molecule has 0 fully saturated rings. The van der Waals surface area contributed by atoms with E-state index in [2.05, 4.69) is 22.1 Å². The third kappa shape index (κ3) is 19.5. The van der Waals surface area contributed by atoms with Gasteiger partial charge in [-0.1, -0.05) is 44.9 Å². The number of nitrogens with one attached hydrogen (secondary N) is 2. The number of primary amides is 1. The first-order valence-corrected chi connectivity index (χ1v) is 13.1. The normalized spacial score (nSPS) is 12.8. The molecule has 9 heteroatoms. The minimum absolute atomic E-state index is 0.0352. The molecule has 0 aromatic heterocycles. The summed E-state index contributed by atoms with van der Waals surface area (Å²) in [7, 11) is 0. The van der Waals surface area contributed by atoms with E-state index >= 15 is 0 Å². The van der Waals surface area contributed by atoms with Gasteiger partial charge in [-0.2, -0.15) is 0 Å². The monoisotopic (exact) mass is 472 g/mol. The van der Waals surface area contributed by atoms with Crippen LogP contribution in [-0.4, -0.2) is 49.4 Å². The molecule has 194 valence electrons. The van der Waals surface area contributed by atoms with Crippen LogP contribution in [0.1, 0.15) is 103 Å². The van der Waals surface area contributed by atoms with Gasteiger partial charge in [0.2, 0.25) is 17.7 Å². The van der Waals surface area contributed by atoms with Gasteiger partial charge < -0.3 is 33.6 Å². The van der Waals surface area contributed by atoms with E-state index in [0.29, 0.717) is 19.4 Å². The highest BCUT2D eigenvalue weighted by atomic mass is 16.2. The van der Waals surface area contributed by atoms with Gasteiger partial charge in [-0.05, 0) is 51.4 Å². The van der Waals surface area contributed by atoms with E-state index in [4.69, 9.17) is 11.5 Å². The lowest BCUT2D eigenvalue weighted by atomic mass is 10.1. The molecule has 0 aromatic rings. The number of amides is 3. The molecule has 0 aliphatic rings. The number of carbonyl (C=O) groups excluding carboxylic acids is 3. The second-order valence-corrected chi connectivity index (χ2v) is 9.05. The largest absolute Gasteiger partial charge is 0.368 e. The molecule has 0 heterocycles. The predicted molar refractivity (Wildman–Crippen MR) is 131 cm³/mol. The Labute approximate surface area is 200 Å². The summed E-state index contributed by atoms with van der Waals surface area (Å²) in [5.74, 6) is -0.578. The molecule has 2 atom stereocenters.